The van der Waals surface area contributed by atoms with Gasteiger partial charge in [0, 0.05) is 13.1 Å². The number of alkyl halides is 1. The van der Waals surface area contributed by atoms with Crippen LogP contribution in [0.1, 0.15) is 37.0 Å². The van der Waals surface area contributed by atoms with E-state index in [0.29, 0.717) is 19.5 Å². The van der Waals surface area contributed by atoms with Crippen LogP contribution in [0.5, 0.6) is 0 Å². The van der Waals surface area contributed by atoms with Crippen molar-refractivity contribution in [3.8, 4) is 0 Å². The van der Waals surface area contributed by atoms with Gasteiger partial charge in [-0.3, -0.25) is 9.59 Å². The third-order valence-electron chi connectivity index (χ3n) is 5.86. The summed E-state index contributed by atoms with van der Waals surface area (Å²) in [5, 5.41) is 5.53. The van der Waals surface area contributed by atoms with Crippen molar-refractivity contribution in [3.05, 3.63) is 71.3 Å². The number of fused-ring (bicyclic) bond motifs is 1. The lowest BCUT2D eigenvalue weighted by Crippen LogP contribution is -2.55. The quantitative estimate of drug-likeness (QED) is 0.611. The fourth-order valence-electron chi connectivity index (χ4n) is 4.07. The van der Waals surface area contributed by atoms with E-state index in [-0.39, 0.29) is 18.4 Å². The molecule has 0 saturated carbocycles. The van der Waals surface area contributed by atoms with Crippen LogP contribution in [0, 0.1) is 5.92 Å². The number of nitrogens with one attached hydrogen (secondary N) is 2. The second kappa shape index (κ2) is 11.6. The molecule has 0 aliphatic carbocycles. The summed E-state index contributed by atoms with van der Waals surface area (Å²) < 4.78 is 13.2. The van der Waals surface area contributed by atoms with Crippen LogP contribution in [-0.4, -0.2) is 47.9 Å². The Morgan fingerprint density at radius 3 is 2.27 bits per heavy atom. The molecule has 0 spiro atoms. The fraction of sp³-hybridized carbons (Fsp3) is 0.423. The maximum absolute atomic E-state index is 13.2. The lowest BCUT2D eigenvalue weighted by molar-refractivity contribution is -0.129. The smallest absolute Gasteiger partial charge is 0.318 e. The Hall–Kier alpha value is -3.22. The molecule has 0 saturated heterocycles. The highest BCUT2D eigenvalue weighted by Gasteiger charge is 2.29. The number of rotatable bonds is 9. The first-order valence-electron chi connectivity index (χ1n) is 11.4. The number of hydrogen-bond acceptors (Lipinski definition) is 3. The van der Waals surface area contributed by atoms with E-state index in [0.717, 1.165) is 17.5 Å². The summed E-state index contributed by atoms with van der Waals surface area (Å²) in [5.41, 5.74) is 3.15. The van der Waals surface area contributed by atoms with E-state index in [2.05, 4.69) is 16.7 Å². The lowest BCUT2D eigenvalue weighted by Gasteiger charge is -2.31. The molecule has 1 unspecified atom stereocenters. The van der Waals surface area contributed by atoms with Gasteiger partial charge in [0.25, 0.3) is 0 Å². The first-order chi connectivity index (χ1) is 15.9. The van der Waals surface area contributed by atoms with E-state index in [1.54, 1.807) is 4.90 Å². The standard InChI is InChI=1S/C26H32FN3O3/c1-18(2)14-23(29-26(33)30-13-12-20-10-6-7-11-21(20)17-30)25(32)28-22(24(31)16-27)15-19-8-4-3-5-9-19/h3-11,18,22-23H,12-17H2,1-2H3,(H,28,32)(H,29,33)/t22?,23-/m0/s1. The summed E-state index contributed by atoms with van der Waals surface area (Å²) in [7, 11) is 0. The van der Waals surface area contributed by atoms with Gasteiger partial charge in [-0.25, -0.2) is 9.18 Å². The van der Waals surface area contributed by atoms with Crippen molar-refractivity contribution in [2.24, 2.45) is 5.92 Å². The molecule has 6 nitrogen and oxygen atoms in total. The molecule has 33 heavy (non-hydrogen) atoms. The van der Waals surface area contributed by atoms with Gasteiger partial charge in [0.1, 0.15) is 12.7 Å². The van der Waals surface area contributed by atoms with Gasteiger partial charge in [-0.05, 0) is 41.9 Å². The van der Waals surface area contributed by atoms with Gasteiger partial charge >= 0.3 is 6.03 Å². The number of halogens is 1. The predicted octanol–water partition coefficient (Wildman–Crippen LogP) is 3.44. The number of hydrogen-bond donors (Lipinski definition) is 2. The van der Waals surface area contributed by atoms with Crippen LogP contribution in [0.15, 0.2) is 54.6 Å². The van der Waals surface area contributed by atoms with Gasteiger partial charge in [0.05, 0.1) is 6.04 Å². The van der Waals surface area contributed by atoms with Crippen molar-refractivity contribution in [2.45, 2.75) is 51.7 Å². The number of benzene rings is 2. The maximum atomic E-state index is 13.2. The largest absolute Gasteiger partial charge is 0.344 e. The highest BCUT2D eigenvalue weighted by atomic mass is 19.1. The Morgan fingerprint density at radius 2 is 1.61 bits per heavy atom. The number of Topliss-reactive ketones (excluding diaryl/α,β-unsaturated/α-hetero) is 1. The number of carbonyl (C=O) groups is 3. The van der Waals surface area contributed by atoms with E-state index < -0.39 is 30.4 Å². The molecule has 1 aliphatic rings. The molecule has 2 aromatic rings. The second-order valence-electron chi connectivity index (χ2n) is 8.92. The maximum Gasteiger partial charge on any atom is 0.318 e. The molecule has 1 aliphatic heterocycles. The van der Waals surface area contributed by atoms with Gasteiger partial charge in [0.2, 0.25) is 5.91 Å². The SMILES string of the molecule is CC(C)C[C@H](NC(=O)N1CCc2ccccc2C1)C(=O)NC(Cc1ccccc1)C(=O)CF. The summed E-state index contributed by atoms with van der Waals surface area (Å²) in [6, 6.07) is 15.0. The third-order valence-corrected chi connectivity index (χ3v) is 5.86. The van der Waals surface area contributed by atoms with E-state index in [9.17, 15) is 18.8 Å². The molecule has 1 heterocycles. The average Bonchev–Trinajstić information content (AvgIpc) is 2.82. The van der Waals surface area contributed by atoms with Crippen LogP contribution < -0.4 is 10.6 Å². The molecule has 0 aromatic heterocycles. The molecule has 176 valence electrons. The number of ketones is 1. The predicted molar refractivity (Wildman–Crippen MR) is 125 cm³/mol. The first kappa shape index (κ1) is 24.4. The zero-order chi connectivity index (χ0) is 23.8. The van der Waals surface area contributed by atoms with E-state index in [1.165, 1.54) is 5.56 Å². The number of nitrogens with zero attached hydrogens (tertiary/aromatic N) is 1. The van der Waals surface area contributed by atoms with Crippen molar-refractivity contribution >= 4 is 17.7 Å². The van der Waals surface area contributed by atoms with Crippen molar-refractivity contribution in [2.75, 3.05) is 13.2 Å². The van der Waals surface area contributed by atoms with Crippen molar-refractivity contribution in [1.29, 1.82) is 0 Å². The van der Waals surface area contributed by atoms with Crippen LogP contribution in [0.4, 0.5) is 9.18 Å². The van der Waals surface area contributed by atoms with Crippen LogP contribution >= 0.6 is 0 Å². The lowest BCUT2D eigenvalue weighted by atomic mass is 9.99. The molecule has 0 fully saturated rings. The van der Waals surface area contributed by atoms with Gasteiger partial charge in [-0.1, -0.05) is 68.4 Å². The highest BCUT2D eigenvalue weighted by molar-refractivity contribution is 5.93. The number of amides is 3. The molecular weight excluding hydrogens is 421 g/mol. The van der Waals surface area contributed by atoms with Crippen LogP contribution in [0.2, 0.25) is 0 Å². The topological polar surface area (TPSA) is 78.5 Å². The minimum atomic E-state index is -1.16. The average molecular weight is 454 g/mol. The molecule has 3 amide bonds. The van der Waals surface area contributed by atoms with Crippen molar-refractivity contribution in [1.82, 2.24) is 15.5 Å². The Labute approximate surface area is 194 Å². The van der Waals surface area contributed by atoms with Crippen LogP contribution in [-0.2, 0) is 29.0 Å². The molecular formula is C26H32FN3O3. The van der Waals surface area contributed by atoms with Gasteiger partial charge in [0.15, 0.2) is 5.78 Å². The summed E-state index contributed by atoms with van der Waals surface area (Å²) >= 11 is 0. The Kier molecular flexibility index (Phi) is 8.58. The zero-order valence-corrected chi connectivity index (χ0v) is 19.2. The summed E-state index contributed by atoms with van der Waals surface area (Å²) in [5.74, 6) is -1.03. The zero-order valence-electron chi connectivity index (χ0n) is 19.2. The van der Waals surface area contributed by atoms with Gasteiger partial charge in [-0.15, -0.1) is 0 Å². The molecule has 0 radical (unpaired) electrons. The summed E-state index contributed by atoms with van der Waals surface area (Å²) in [4.78, 5) is 40.0. The monoisotopic (exact) mass is 453 g/mol. The number of urea groups is 1. The van der Waals surface area contributed by atoms with Crippen molar-refractivity contribution < 1.29 is 18.8 Å². The number of carbonyl (C=O) groups excluding carboxylic acids is 3. The molecule has 2 N–H and O–H groups in total. The second-order valence-corrected chi connectivity index (χ2v) is 8.92. The summed E-state index contributed by atoms with van der Waals surface area (Å²) in [6.07, 6.45) is 1.36. The van der Waals surface area contributed by atoms with E-state index >= 15 is 0 Å². The molecule has 7 heteroatoms. The highest BCUT2D eigenvalue weighted by Crippen LogP contribution is 2.19. The third kappa shape index (κ3) is 6.88. The molecule has 2 aromatic carbocycles. The van der Waals surface area contributed by atoms with Crippen LogP contribution in [0.25, 0.3) is 0 Å². The van der Waals surface area contributed by atoms with Crippen molar-refractivity contribution in [3.63, 3.8) is 0 Å². The van der Waals surface area contributed by atoms with Gasteiger partial charge in [-0.2, -0.15) is 0 Å². The normalized spacial score (nSPS) is 14.8. The minimum Gasteiger partial charge on any atom is -0.344 e. The molecule has 3 rings (SSSR count). The van der Waals surface area contributed by atoms with Crippen LogP contribution in [0.3, 0.4) is 0 Å². The van der Waals surface area contributed by atoms with E-state index in [4.69, 9.17) is 0 Å². The molecule has 0 bridgehead atoms. The Morgan fingerprint density at radius 1 is 0.939 bits per heavy atom. The van der Waals surface area contributed by atoms with Gasteiger partial charge < -0.3 is 15.5 Å². The Balaban J connectivity index is 1.68. The van der Waals surface area contributed by atoms with E-state index in [1.807, 2.05) is 62.4 Å². The Bertz CT molecular complexity index is 964. The molecule has 2 atom stereocenters. The first-order valence-corrected chi connectivity index (χ1v) is 11.4. The fourth-order valence-corrected chi connectivity index (χ4v) is 4.07. The minimum absolute atomic E-state index is 0.132. The summed E-state index contributed by atoms with van der Waals surface area (Å²) in [6.45, 7) is 3.80.